The van der Waals surface area contributed by atoms with E-state index in [1.807, 2.05) is 41.2 Å². The van der Waals surface area contributed by atoms with Crippen LogP contribution in [-0.4, -0.2) is 51.3 Å². The van der Waals surface area contributed by atoms with Gasteiger partial charge in [0, 0.05) is 42.9 Å². The largest absolute Gasteiger partial charge is 0.380 e. The van der Waals surface area contributed by atoms with Gasteiger partial charge in [-0.1, -0.05) is 12.8 Å². The van der Waals surface area contributed by atoms with Crippen molar-refractivity contribution in [1.82, 2.24) is 25.1 Å². The van der Waals surface area contributed by atoms with Crippen LogP contribution < -0.4 is 10.6 Å². The van der Waals surface area contributed by atoms with Gasteiger partial charge in [-0.2, -0.15) is 10.4 Å². The van der Waals surface area contributed by atoms with Crippen LogP contribution >= 0.6 is 0 Å². The second-order valence-electron chi connectivity index (χ2n) is 9.57. The summed E-state index contributed by atoms with van der Waals surface area (Å²) in [6.07, 6.45) is 11.5. The third-order valence-corrected chi connectivity index (χ3v) is 7.30. The summed E-state index contributed by atoms with van der Waals surface area (Å²) in [7, 11) is 1.67. The molecule has 0 bridgehead atoms. The van der Waals surface area contributed by atoms with Gasteiger partial charge in [0.05, 0.1) is 42.6 Å². The smallest absolute Gasteiger partial charge is 0.227 e. The molecular formula is C27H31N7O2. The van der Waals surface area contributed by atoms with E-state index >= 15 is 0 Å². The highest BCUT2D eigenvalue weighted by Crippen LogP contribution is 2.36. The predicted molar refractivity (Wildman–Crippen MR) is 136 cm³/mol. The van der Waals surface area contributed by atoms with Crippen molar-refractivity contribution in [3.8, 4) is 17.3 Å². The van der Waals surface area contributed by atoms with Gasteiger partial charge in [-0.05, 0) is 55.5 Å². The van der Waals surface area contributed by atoms with Gasteiger partial charge in [-0.3, -0.25) is 9.48 Å². The number of nitrogens with zero attached hydrogens (tertiary/aromatic N) is 5. The summed E-state index contributed by atoms with van der Waals surface area (Å²) in [6.45, 7) is 0.693. The Morgan fingerprint density at radius 3 is 2.81 bits per heavy atom. The number of Topliss-reactive ketones (excluding diaryl/α,β-unsaturated/α-hetero) is 1. The maximum atomic E-state index is 12.8. The molecule has 3 aromatic rings. The molecule has 3 unspecified atom stereocenters. The van der Waals surface area contributed by atoms with Gasteiger partial charge >= 0.3 is 0 Å². The molecule has 1 aliphatic carbocycles. The number of ether oxygens (including phenoxy) is 1. The van der Waals surface area contributed by atoms with Crippen LogP contribution in [-0.2, 0) is 4.74 Å². The highest BCUT2D eigenvalue weighted by Gasteiger charge is 2.30. The van der Waals surface area contributed by atoms with E-state index in [-0.39, 0.29) is 24.0 Å². The Balaban J connectivity index is 1.26. The van der Waals surface area contributed by atoms with Crippen LogP contribution in [0.2, 0.25) is 0 Å². The fraction of sp³-hybridized carbons (Fsp3) is 0.444. The lowest BCUT2D eigenvalue weighted by molar-refractivity contribution is 0.0919. The molecule has 9 heteroatoms. The first-order valence-electron chi connectivity index (χ1n) is 12.6. The number of rotatable bonds is 9. The summed E-state index contributed by atoms with van der Waals surface area (Å²) >= 11 is 0. The fourth-order valence-corrected chi connectivity index (χ4v) is 5.27. The minimum absolute atomic E-state index is 0.0728. The molecule has 2 N–H and O–H groups in total. The molecule has 2 aromatic heterocycles. The van der Waals surface area contributed by atoms with Crippen LogP contribution in [0.3, 0.4) is 0 Å². The Morgan fingerprint density at radius 1 is 1.28 bits per heavy atom. The molecule has 1 aromatic carbocycles. The summed E-state index contributed by atoms with van der Waals surface area (Å²) in [6, 6.07) is 11.4. The molecule has 0 amide bonds. The van der Waals surface area contributed by atoms with Crippen molar-refractivity contribution in [2.45, 2.75) is 56.7 Å². The summed E-state index contributed by atoms with van der Waals surface area (Å²) in [5.74, 6) is 1.04. The third-order valence-electron chi connectivity index (χ3n) is 7.30. The lowest BCUT2D eigenvalue weighted by atomic mass is 9.96. The minimum atomic E-state index is -0.212. The molecule has 5 rings (SSSR count). The van der Waals surface area contributed by atoms with Crippen LogP contribution in [0.5, 0.6) is 0 Å². The monoisotopic (exact) mass is 485 g/mol. The standard InChI is InChI=1S/C27H31N7O2/c1-36-22-14-24(30-16-22)26(35)19-6-8-21(9-7-19)32-27-29-13-11-23(33-27)20-15-31-34(17-20)25(10-12-28)18-4-2-3-5-18/h6-9,11,13,15,17-18,22,24-25,30H,2-5,10,14,16H2,1H3,(H,29,32,33). The molecule has 9 nitrogen and oxygen atoms in total. The van der Waals surface area contributed by atoms with E-state index < -0.39 is 0 Å². The number of aromatic nitrogens is 4. The fourth-order valence-electron chi connectivity index (χ4n) is 5.27. The maximum Gasteiger partial charge on any atom is 0.227 e. The highest BCUT2D eigenvalue weighted by atomic mass is 16.5. The van der Waals surface area contributed by atoms with Crippen molar-refractivity contribution >= 4 is 17.4 Å². The van der Waals surface area contributed by atoms with Crippen molar-refractivity contribution in [2.24, 2.45) is 5.92 Å². The van der Waals surface area contributed by atoms with Crippen molar-refractivity contribution in [2.75, 3.05) is 19.0 Å². The number of benzene rings is 1. The van der Waals surface area contributed by atoms with Crippen molar-refractivity contribution in [3.63, 3.8) is 0 Å². The van der Waals surface area contributed by atoms with E-state index in [1.165, 1.54) is 12.8 Å². The summed E-state index contributed by atoms with van der Waals surface area (Å²) in [5.41, 5.74) is 3.10. The Hall–Kier alpha value is -3.61. The Bertz CT molecular complexity index is 1230. The molecule has 1 saturated carbocycles. The molecular weight excluding hydrogens is 454 g/mol. The zero-order chi connectivity index (χ0) is 24.9. The van der Waals surface area contributed by atoms with E-state index in [0.717, 1.165) is 29.8 Å². The number of ketones is 1. The average molecular weight is 486 g/mol. The number of nitriles is 1. The number of carbonyl (C=O) groups is 1. The number of hydrogen-bond acceptors (Lipinski definition) is 8. The van der Waals surface area contributed by atoms with Gasteiger partial charge in [0.25, 0.3) is 0 Å². The molecule has 2 aliphatic rings. The Kier molecular flexibility index (Phi) is 7.35. The molecule has 36 heavy (non-hydrogen) atoms. The van der Waals surface area contributed by atoms with Crippen LogP contribution in [0.15, 0.2) is 48.9 Å². The zero-order valence-corrected chi connectivity index (χ0v) is 20.4. The van der Waals surface area contributed by atoms with Gasteiger partial charge in [-0.25, -0.2) is 9.97 Å². The summed E-state index contributed by atoms with van der Waals surface area (Å²) in [5, 5.41) is 20.4. The van der Waals surface area contributed by atoms with Crippen molar-refractivity contribution in [1.29, 1.82) is 5.26 Å². The number of carbonyl (C=O) groups excluding carboxylic acids is 1. The van der Waals surface area contributed by atoms with Gasteiger partial charge in [0.2, 0.25) is 5.95 Å². The minimum Gasteiger partial charge on any atom is -0.380 e. The first kappa shape index (κ1) is 24.1. The van der Waals surface area contributed by atoms with Crippen LogP contribution in [0.4, 0.5) is 11.6 Å². The van der Waals surface area contributed by atoms with Gasteiger partial charge in [0.15, 0.2) is 5.78 Å². The van der Waals surface area contributed by atoms with Crippen LogP contribution in [0.25, 0.3) is 11.3 Å². The lowest BCUT2D eigenvalue weighted by Gasteiger charge is -2.21. The van der Waals surface area contributed by atoms with E-state index in [2.05, 4.69) is 31.8 Å². The summed E-state index contributed by atoms with van der Waals surface area (Å²) in [4.78, 5) is 21.8. The van der Waals surface area contributed by atoms with E-state index in [4.69, 9.17) is 4.74 Å². The molecule has 2 fully saturated rings. The van der Waals surface area contributed by atoms with Gasteiger partial charge in [-0.15, -0.1) is 0 Å². The third kappa shape index (κ3) is 5.30. The maximum absolute atomic E-state index is 12.8. The second kappa shape index (κ2) is 11.0. The average Bonchev–Trinajstić information content (AvgIpc) is 3.69. The van der Waals surface area contributed by atoms with Gasteiger partial charge in [0.1, 0.15) is 0 Å². The zero-order valence-electron chi connectivity index (χ0n) is 20.4. The second-order valence-corrected chi connectivity index (χ2v) is 9.57. The van der Waals surface area contributed by atoms with E-state index in [9.17, 15) is 10.1 Å². The van der Waals surface area contributed by atoms with E-state index in [1.54, 1.807) is 19.5 Å². The van der Waals surface area contributed by atoms with Gasteiger partial charge < -0.3 is 15.4 Å². The Morgan fingerprint density at radius 2 is 2.08 bits per heavy atom. The van der Waals surface area contributed by atoms with Crippen molar-refractivity contribution < 1.29 is 9.53 Å². The molecule has 1 aliphatic heterocycles. The molecule has 0 spiro atoms. The normalized spacial score (nSPS) is 20.8. The first-order chi connectivity index (χ1) is 17.6. The van der Waals surface area contributed by atoms with Crippen LogP contribution in [0.1, 0.15) is 54.9 Å². The molecule has 186 valence electrons. The molecule has 3 atom stereocenters. The Labute approximate surface area is 210 Å². The van der Waals surface area contributed by atoms with Crippen LogP contribution in [0, 0.1) is 17.2 Å². The molecule has 3 heterocycles. The number of nitrogens with one attached hydrogen (secondary N) is 2. The summed E-state index contributed by atoms with van der Waals surface area (Å²) < 4.78 is 7.28. The highest BCUT2D eigenvalue weighted by molar-refractivity contribution is 6.00. The van der Waals surface area contributed by atoms with Crippen molar-refractivity contribution in [3.05, 3.63) is 54.5 Å². The lowest BCUT2D eigenvalue weighted by Crippen LogP contribution is -2.30. The first-order valence-corrected chi connectivity index (χ1v) is 12.6. The predicted octanol–water partition coefficient (Wildman–Crippen LogP) is 4.29. The number of anilines is 2. The topological polar surface area (TPSA) is 118 Å². The number of hydrogen-bond donors (Lipinski definition) is 2. The quantitative estimate of drug-likeness (QED) is 0.431. The SMILES string of the molecule is COC1CNC(C(=O)c2ccc(Nc3nccc(-c4cnn(C(CC#N)C5CCCC5)c4)n3)cc2)C1. The molecule has 0 radical (unpaired) electrons. The van der Waals surface area contributed by atoms with E-state index in [0.29, 0.717) is 36.8 Å². The molecule has 1 saturated heterocycles. The number of methoxy groups -OCH3 is 1.